The molecule has 1 aromatic rings. The quantitative estimate of drug-likeness (QED) is 0.490. The van der Waals surface area contributed by atoms with Gasteiger partial charge in [0.1, 0.15) is 16.5 Å². The zero-order valence-corrected chi connectivity index (χ0v) is 21.1. The van der Waals surface area contributed by atoms with Gasteiger partial charge < -0.3 is 15.5 Å². The molecule has 35 heavy (non-hydrogen) atoms. The van der Waals surface area contributed by atoms with E-state index in [0.717, 1.165) is 25.7 Å². The van der Waals surface area contributed by atoms with Crippen molar-refractivity contribution in [3.8, 4) is 0 Å². The van der Waals surface area contributed by atoms with Crippen molar-refractivity contribution in [3.63, 3.8) is 0 Å². The molecule has 3 N–H and O–H groups in total. The second kappa shape index (κ2) is 9.64. The summed E-state index contributed by atoms with van der Waals surface area (Å²) >= 11 is 0. The highest BCUT2D eigenvalue weighted by molar-refractivity contribution is 7.90. The minimum Gasteiger partial charge on any atom is -0.387 e. The van der Waals surface area contributed by atoms with E-state index in [4.69, 9.17) is 0 Å². The number of piperidine rings is 1. The van der Waals surface area contributed by atoms with Crippen LogP contribution in [0.5, 0.6) is 0 Å². The van der Waals surface area contributed by atoms with Crippen LogP contribution in [0.15, 0.2) is 41.8 Å². The summed E-state index contributed by atoms with van der Waals surface area (Å²) in [4.78, 5) is 40.7. The lowest BCUT2D eigenvalue weighted by Gasteiger charge is -2.45. The van der Waals surface area contributed by atoms with E-state index >= 15 is 0 Å². The van der Waals surface area contributed by atoms with Crippen molar-refractivity contribution in [2.75, 3.05) is 18.9 Å². The van der Waals surface area contributed by atoms with Gasteiger partial charge in [-0.2, -0.15) is 0 Å². The number of amides is 3. The lowest BCUT2D eigenvalue weighted by atomic mass is 9.72. The van der Waals surface area contributed by atoms with E-state index in [1.165, 1.54) is 13.0 Å². The van der Waals surface area contributed by atoms with Gasteiger partial charge in [0.15, 0.2) is 0 Å². The maximum atomic E-state index is 13.5. The fraction of sp³-hybridized carbons (Fsp3) is 0.560. The Morgan fingerprint density at radius 1 is 1.14 bits per heavy atom. The molecule has 1 aliphatic heterocycles. The summed E-state index contributed by atoms with van der Waals surface area (Å²) in [7, 11) is -2.60. The number of rotatable bonds is 7. The van der Waals surface area contributed by atoms with E-state index in [0.29, 0.717) is 30.5 Å². The first kappa shape index (κ1) is 25.2. The molecule has 10 heteroatoms. The van der Waals surface area contributed by atoms with Crippen LogP contribution < -0.4 is 15.4 Å². The molecule has 9 nitrogen and oxygen atoms in total. The summed E-state index contributed by atoms with van der Waals surface area (Å²) < 4.78 is 28.2. The second-order valence-corrected chi connectivity index (χ2v) is 11.6. The fourth-order valence-corrected chi connectivity index (χ4v) is 6.99. The molecule has 2 aliphatic carbocycles. The molecule has 0 bridgehead atoms. The van der Waals surface area contributed by atoms with Gasteiger partial charge in [0.05, 0.1) is 5.69 Å². The third-order valence-electron chi connectivity index (χ3n) is 7.83. The third kappa shape index (κ3) is 4.80. The number of sulfonamides is 1. The van der Waals surface area contributed by atoms with E-state index in [-0.39, 0.29) is 17.2 Å². The van der Waals surface area contributed by atoms with Crippen molar-refractivity contribution in [1.29, 1.82) is 0 Å². The maximum Gasteiger partial charge on any atom is 0.266 e. The molecule has 2 saturated carbocycles. The topological polar surface area (TPSA) is 125 Å². The monoisotopic (exact) mass is 502 g/mol. The predicted molar refractivity (Wildman–Crippen MR) is 132 cm³/mol. The number of carbonyl (C=O) groups excluding carboxylic acids is 3. The van der Waals surface area contributed by atoms with E-state index < -0.39 is 39.3 Å². The van der Waals surface area contributed by atoms with Crippen LogP contribution in [0.3, 0.4) is 0 Å². The zero-order valence-electron chi connectivity index (χ0n) is 20.2. The molecule has 190 valence electrons. The molecular weight excluding hydrogens is 468 g/mol. The number of para-hydroxylation sites is 1. The van der Waals surface area contributed by atoms with E-state index in [1.54, 1.807) is 36.2 Å². The van der Waals surface area contributed by atoms with Crippen LogP contribution in [-0.2, 0) is 24.4 Å². The highest BCUT2D eigenvalue weighted by atomic mass is 32.2. The molecule has 3 fully saturated rings. The average molecular weight is 503 g/mol. The Hall–Kier alpha value is -2.88. The first-order chi connectivity index (χ1) is 16.6. The Kier molecular flexibility index (Phi) is 6.95. The predicted octanol–water partition coefficient (Wildman–Crippen LogP) is 2.02. The molecule has 3 amide bonds. The number of fused-ring (bicyclic) bond motifs is 1. The molecule has 0 aromatic heterocycles. The van der Waals surface area contributed by atoms with Gasteiger partial charge in [0.2, 0.25) is 11.8 Å². The smallest absolute Gasteiger partial charge is 0.266 e. The lowest BCUT2D eigenvalue weighted by Crippen LogP contribution is -2.60. The van der Waals surface area contributed by atoms with Crippen molar-refractivity contribution in [2.45, 2.75) is 61.9 Å². The summed E-state index contributed by atoms with van der Waals surface area (Å²) in [6.45, 7) is 5.74. The van der Waals surface area contributed by atoms with Crippen LogP contribution in [0.4, 0.5) is 5.69 Å². The van der Waals surface area contributed by atoms with E-state index in [1.807, 2.05) is 0 Å². The molecule has 5 atom stereocenters. The molecule has 3 aliphatic rings. The van der Waals surface area contributed by atoms with Crippen LogP contribution in [0.25, 0.3) is 0 Å². The van der Waals surface area contributed by atoms with Crippen molar-refractivity contribution in [2.24, 2.45) is 17.8 Å². The Labute approximate surface area is 206 Å². The molecule has 3 unspecified atom stereocenters. The molecule has 1 saturated heterocycles. The SMILES string of the molecule is C=C[C@@H]1C[C@]1(NC(=O)C1CC2CCCCC2CN1C(C)=O)C(=O)NS(=O)(=O)c1ccccc1NC. The largest absolute Gasteiger partial charge is 0.387 e. The summed E-state index contributed by atoms with van der Waals surface area (Å²) in [5, 5.41) is 5.63. The molecule has 0 spiro atoms. The van der Waals surface area contributed by atoms with Crippen LogP contribution in [0, 0.1) is 17.8 Å². The number of likely N-dealkylation sites (tertiary alicyclic amines) is 1. The number of nitrogens with one attached hydrogen (secondary N) is 3. The van der Waals surface area contributed by atoms with Crippen LogP contribution in [-0.4, -0.2) is 56.2 Å². The van der Waals surface area contributed by atoms with Crippen molar-refractivity contribution in [1.82, 2.24) is 14.9 Å². The first-order valence-electron chi connectivity index (χ1n) is 12.2. The Morgan fingerprint density at radius 3 is 2.46 bits per heavy atom. The second-order valence-electron chi connectivity index (χ2n) is 9.92. The number of carbonyl (C=O) groups is 3. The summed E-state index contributed by atoms with van der Waals surface area (Å²) in [5.74, 6) is -1.03. The number of hydrogen-bond acceptors (Lipinski definition) is 6. The van der Waals surface area contributed by atoms with Crippen molar-refractivity contribution < 1.29 is 22.8 Å². The summed E-state index contributed by atoms with van der Waals surface area (Å²) in [6, 6.07) is 5.57. The normalized spacial score (nSPS) is 29.9. The first-order valence-corrected chi connectivity index (χ1v) is 13.7. The molecular formula is C25H34N4O5S. The number of hydrogen-bond donors (Lipinski definition) is 3. The van der Waals surface area contributed by atoms with Crippen LogP contribution in [0.1, 0.15) is 45.4 Å². The van der Waals surface area contributed by atoms with Crippen LogP contribution >= 0.6 is 0 Å². The van der Waals surface area contributed by atoms with Gasteiger partial charge in [-0.25, -0.2) is 13.1 Å². The fourth-order valence-electron chi connectivity index (χ4n) is 5.74. The Morgan fingerprint density at radius 2 is 1.83 bits per heavy atom. The number of benzene rings is 1. The van der Waals surface area contributed by atoms with E-state index in [9.17, 15) is 22.8 Å². The molecule has 4 rings (SSSR count). The highest BCUT2D eigenvalue weighted by Gasteiger charge is 2.61. The maximum absolute atomic E-state index is 13.5. The van der Waals surface area contributed by atoms with Gasteiger partial charge in [-0.05, 0) is 43.2 Å². The molecule has 1 aromatic carbocycles. The number of nitrogens with zero attached hydrogens (tertiary/aromatic N) is 1. The third-order valence-corrected chi connectivity index (χ3v) is 9.22. The van der Waals surface area contributed by atoms with Gasteiger partial charge in [-0.3, -0.25) is 14.4 Å². The van der Waals surface area contributed by atoms with Crippen LogP contribution in [0.2, 0.25) is 0 Å². The van der Waals surface area contributed by atoms with Gasteiger partial charge in [0, 0.05) is 26.4 Å². The van der Waals surface area contributed by atoms with Gasteiger partial charge in [0.25, 0.3) is 15.9 Å². The number of anilines is 1. The van der Waals surface area contributed by atoms with Gasteiger partial charge in [-0.15, -0.1) is 6.58 Å². The highest BCUT2D eigenvalue weighted by Crippen LogP contribution is 2.46. The van der Waals surface area contributed by atoms with E-state index in [2.05, 4.69) is 21.9 Å². The molecule has 0 radical (unpaired) electrons. The summed E-state index contributed by atoms with van der Waals surface area (Å²) in [6.07, 6.45) is 6.70. The summed E-state index contributed by atoms with van der Waals surface area (Å²) in [5.41, 5.74) is -1.06. The molecule has 1 heterocycles. The lowest BCUT2D eigenvalue weighted by molar-refractivity contribution is -0.145. The Bertz CT molecular complexity index is 1140. The zero-order chi connectivity index (χ0) is 25.4. The van der Waals surface area contributed by atoms with Crippen molar-refractivity contribution in [3.05, 3.63) is 36.9 Å². The minimum atomic E-state index is -4.19. The minimum absolute atomic E-state index is 0.0634. The van der Waals surface area contributed by atoms with Crippen molar-refractivity contribution >= 4 is 33.4 Å². The standard InChI is InChI=1S/C25H34N4O5S/c1-4-19-14-25(19,24(32)28-35(33,34)22-12-8-7-11-20(22)26-3)27-23(31)21-13-17-9-5-6-10-18(17)15-29(21)16(2)30/h4,7-8,11-12,17-19,21,26H,1,5-6,9-10,13-15H2,2-3H3,(H,27,31)(H,28,32)/t17?,18?,19-,21?,25-/m1/s1. The average Bonchev–Trinajstić information content (AvgIpc) is 3.57. The Balaban J connectivity index is 1.54. The van der Waals surface area contributed by atoms with Gasteiger partial charge in [-0.1, -0.05) is 37.5 Å². The van der Waals surface area contributed by atoms with Gasteiger partial charge >= 0.3 is 0 Å².